The molecule has 0 saturated carbocycles. The molecule has 6 heteroatoms. The van der Waals surface area contributed by atoms with Gasteiger partial charge in [0, 0.05) is 19.3 Å². The molecular formula is C61H106O6. The topological polar surface area (TPSA) is 78.9 Å². The van der Waals surface area contributed by atoms with E-state index in [1.807, 2.05) is 0 Å². The first-order valence-corrected chi connectivity index (χ1v) is 28.4. The summed E-state index contributed by atoms with van der Waals surface area (Å²) in [6.45, 7) is 6.49. The van der Waals surface area contributed by atoms with Gasteiger partial charge in [0.25, 0.3) is 0 Å². The largest absolute Gasteiger partial charge is 0.462 e. The van der Waals surface area contributed by atoms with Gasteiger partial charge >= 0.3 is 17.9 Å². The molecule has 1 atom stereocenters. The molecule has 0 aliphatic heterocycles. The quantitative estimate of drug-likeness (QED) is 0.0262. The Balaban J connectivity index is 4.34. The van der Waals surface area contributed by atoms with E-state index in [4.69, 9.17) is 14.2 Å². The summed E-state index contributed by atoms with van der Waals surface area (Å²) in [5.74, 6) is -0.925. The summed E-state index contributed by atoms with van der Waals surface area (Å²) in [4.78, 5) is 38.0. The van der Waals surface area contributed by atoms with Gasteiger partial charge in [-0.3, -0.25) is 14.4 Å². The van der Waals surface area contributed by atoms with Gasteiger partial charge in [-0.1, -0.05) is 261 Å². The molecule has 0 aromatic heterocycles. The van der Waals surface area contributed by atoms with Gasteiger partial charge in [0.15, 0.2) is 6.10 Å². The standard InChI is InChI=1S/C61H106O6/c1-4-7-10-13-16-19-21-23-25-27-29-30-32-33-35-37-39-42-45-48-51-54-60(63)66-57-58(56-65-59(62)53-50-47-44-41-18-15-12-9-6-3)67-61(64)55-52-49-46-43-40-38-36-34-31-28-26-24-22-20-17-14-11-8-5-2/h7,10,16,19,23,25,29-30,33,35,39,42,58H,4-6,8-9,11-15,17-18,20-22,24,26-28,31-32,34,36-38,40-41,43-57H2,1-3H3/b10-7-,19-16-,25-23-,30-29-,35-33-,42-39-. The summed E-state index contributed by atoms with van der Waals surface area (Å²) in [6.07, 6.45) is 70.5. The Hall–Kier alpha value is -3.15. The zero-order valence-electron chi connectivity index (χ0n) is 44.2. The molecule has 6 nitrogen and oxygen atoms in total. The third kappa shape index (κ3) is 53.7. The van der Waals surface area contributed by atoms with Crippen LogP contribution < -0.4 is 0 Å². The summed E-state index contributed by atoms with van der Waals surface area (Å²) in [6, 6.07) is 0. The lowest BCUT2D eigenvalue weighted by atomic mass is 10.0. The van der Waals surface area contributed by atoms with E-state index in [1.54, 1.807) is 0 Å². The fraction of sp³-hybridized carbons (Fsp3) is 0.754. The van der Waals surface area contributed by atoms with Crippen LogP contribution in [0.4, 0.5) is 0 Å². The normalized spacial score (nSPS) is 12.6. The maximum atomic E-state index is 12.8. The van der Waals surface area contributed by atoms with E-state index >= 15 is 0 Å². The van der Waals surface area contributed by atoms with Gasteiger partial charge in [-0.25, -0.2) is 0 Å². The zero-order chi connectivity index (χ0) is 48.6. The van der Waals surface area contributed by atoms with Gasteiger partial charge in [0.2, 0.25) is 0 Å². The number of esters is 3. The van der Waals surface area contributed by atoms with Crippen LogP contribution in [0.3, 0.4) is 0 Å². The summed E-state index contributed by atoms with van der Waals surface area (Å²) in [5.41, 5.74) is 0. The molecule has 0 aliphatic rings. The molecule has 67 heavy (non-hydrogen) atoms. The smallest absolute Gasteiger partial charge is 0.306 e. The van der Waals surface area contributed by atoms with Gasteiger partial charge in [-0.15, -0.1) is 0 Å². The lowest BCUT2D eigenvalue weighted by molar-refractivity contribution is -0.167. The Kier molecular flexibility index (Phi) is 52.8. The van der Waals surface area contributed by atoms with Crippen molar-refractivity contribution in [3.8, 4) is 0 Å². The van der Waals surface area contributed by atoms with Crippen LogP contribution in [-0.4, -0.2) is 37.2 Å². The molecule has 0 radical (unpaired) electrons. The third-order valence-corrected chi connectivity index (χ3v) is 12.2. The first-order valence-electron chi connectivity index (χ1n) is 28.4. The van der Waals surface area contributed by atoms with Gasteiger partial charge in [-0.05, 0) is 70.6 Å². The van der Waals surface area contributed by atoms with E-state index in [0.717, 1.165) is 96.3 Å². The number of hydrogen-bond acceptors (Lipinski definition) is 6. The van der Waals surface area contributed by atoms with Crippen LogP contribution in [0.5, 0.6) is 0 Å². The van der Waals surface area contributed by atoms with Crippen molar-refractivity contribution in [3.05, 3.63) is 72.9 Å². The summed E-state index contributed by atoms with van der Waals surface area (Å²) >= 11 is 0. The highest BCUT2D eigenvalue weighted by molar-refractivity contribution is 5.71. The van der Waals surface area contributed by atoms with Crippen LogP contribution in [0.25, 0.3) is 0 Å². The van der Waals surface area contributed by atoms with Crippen molar-refractivity contribution in [2.45, 2.75) is 284 Å². The number of carbonyl (C=O) groups is 3. The zero-order valence-corrected chi connectivity index (χ0v) is 44.2. The number of ether oxygens (including phenoxy) is 3. The predicted molar refractivity (Wildman–Crippen MR) is 288 cm³/mol. The molecule has 0 bridgehead atoms. The molecule has 0 amide bonds. The Morgan fingerprint density at radius 2 is 0.582 bits per heavy atom. The van der Waals surface area contributed by atoms with E-state index in [-0.39, 0.29) is 31.1 Å². The molecule has 0 heterocycles. The van der Waals surface area contributed by atoms with Gasteiger partial charge in [-0.2, -0.15) is 0 Å². The highest BCUT2D eigenvalue weighted by Crippen LogP contribution is 2.16. The first kappa shape index (κ1) is 63.8. The molecule has 386 valence electrons. The van der Waals surface area contributed by atoms with Crippen molar-refractivity contribution in [2.24, 2.45) is 0 Å². The number of hydrogen-bond donors (Lipinski definition) is 0. The molecule has 0 aliphatic carbocycles. The summed E-state index contributed by atoms with van der Waals surface area (Å²) in [5, 5.41) is 0. The van der Waals surface area contributed by atoms with Crippen LogP contribution in [0.1, 0.15) is 278 Å². The lowest BCUT2D eigenvalue weighted by Gasteiger charge is -2.18. The summed E-state index contributed by atoms with van der Waals surface area (Å²) < 4.78 is 16.8. The second-order valence-electron chi connectivity index (χ2n) is 18.8. The van der Waals surface area contributed by atoms with Gasteiger partial charge in [0.1, 0.15) is 13.2 Å². The fourth-order valence-corrected chi connectivity index (χ4v) is 7.98. The number of rotatable bonds is 51. The van der Waals surface area contributed by atoms with Gasteiger partial charge in [0.05, 0.1) is 0 Å². The van der Waals surface area contributed by atoms with Crippen molar-refractivity contribution in [3.63, 3.8) is 0 Å². The molecule has 0 spiro atoms. The Labute approximate surface area is 414 Å². The SMILES string of the molecule is CC/C=C\C/C=C\C/C=C\C/C=C\C/C=C\C/C=C\CCCCC(=O)OCC(COC(=O)CCCCCCCCCCC)OC(=O)CCCCCCCCCCCCCCCCCCCCC. The molecule has 0 N–H and O–H groups in total. The molecule has 0 aromatic rings. The molecule has 0 fully saturated rings. The van der Waals surface area contributed by atoms with E-state index in [2.05, 4.69) is 93.7 Å². The second kappa shape index (κ2) is 55.4. The van der Waals surface area contributed by atoms with Crippen molar-refractivity contribution >= 4 is 17.9 Å². The van der Waals surface area contributed by atoms with E-state index in [0.29, 0.717) is 19.3 Å². The molecule has 0 rings (SSSR count). The van der Waals surface area contributed by atoms with Crippen LogP contribution >= 0.6 is 0 Å². The molecule has 0 aromatic carbocycles. The fourth-order valence-electron chi connectivity index (χ4n) is 7.98. The number of carbonyl (C=O) groups excluding carboxylic acids is 3. The Morgan fingerprint density at radius 1 is 0.313 bits per heavy atom. The second-order valence-corrected chi connectivity index (χ2v) is 18.8. The van der Waals surface area contributed by atoms with Crippen LogP contribution in [0, 0.1) is 0 Å². The maximum absolute atomic E-state index is 12.8. The summed E-state index contributed by atoms with van der Waals surface area (Å²) in [7, 11) is 0. The maximum Gasteiger partial charge on any atom is 0.306 e. The number of unbranched alkanes of at least 4 members (excludes halogenated alkanes) is 28. The predicted octanol–water partition coefficient (Wildman–Crippen LogP) is 19.0. The van der Waals surface area contributed by atoms with E-state index < -0.39 is 6.10 Å². The Morgan fingerprint density at radius 3 is 0.910 bits per heavy atom. The molecular weight excluding hydrogens is 829 g/mol. The molecule has 0 saturated heterocycles. The molecule has 1 unspecified atom stereocenters. The highest BCUT2D eigenvalue weighted by atomic mass is 16.6. The van der Waals surface area contributed by atoms with Crippen LogP contribution in [0.15, 0.2) is 72.9 Å². The first-order chi connectivity index (χ1) is 33.0. The van der Waals surface area contributed by atoms with Crippen molar-refractivity contribution < 1.29 is 28.6 Å². The minimum atomic E-state index is -0.789. The monoisotopic (exact) mass is 935 g/mol. The van der Waals surface area contributed by atoms with E-state index in [1.165, 1.54) is 141 Å². The average molecular weight is 936 g/mol. The van der Waals surface area contributed by atoms with E-state index in [9.17, 15) is 14.4 Å². The minimum Gasteiger partial charge on any atom is -0.462 e. The number of allylic oxidation sites excluding steroid dienone is 12. The van der Waals surface area contributed by atoms with Gasteiger partial charge < -0.3 is 14.2 Å². The lowest BCUT2D eigenvalue weighted by Crippen LogP contribution is -2.30. The van der Waals surface area contributed by atoms with Crippen LogP contribution in [-0.2, 0) is 28.6 Å². The Bertz CT molecular complexity index is 1260. The van der Waals surface area contributed by atoms with Crippen LogP contribution in [0.2, 0.25) is 0 Å². The van der Waals surface area contributed by atoms with Crippen molar-refractivity contribution in [1.29, 1.82) is 0 Å². The highest BCUT2D eigenvalue weighted by Gasteiger charge is 2.19. The third-order valence-electron chi connectivity index (χ3n) is 12.2. The van der Waals surface area contributed by atoms with Crippen molar-refractivity contribution in [1.82, 2.24) is 0 Å². The minimum absolute atomic E-state index is 0.0862. The average Bonchev–Trinajstić information content (AvgIpc) is 3.33. The van der Waals surface area contributed by atoms with Crippen molar-refractivity contribution in [2.75, 3.05) is 13.2 Å².